The maximum atomic E-state index is 12.1. The van der Waals surface area contributed by atoms with Gasteiger partial charge in [-0.15, -0.1) is 0 Å². The molecule has 158 valence electrons. The van der Waals surface area contributed by atoms with Crippen molar-refractivity contribution >= 4 is 34.8 Å². The Bertz CT molecular complexity index is 824. The maximum Gasteiger partial charge on any atom is 0.328 e. The molecule has 0 radical (unpaired) electrons. The molecule has 29 heavy (non-hydrogen) atoms. The Labute approximate surface area is 168 Å². The van der Waals surface area contributed by atoms with Crippen molar-refractivity contribution in [2.45, 2.75) is 44.6 Å². The number of methoxy groups -OCH3 is 2. The molecule has 0 bridgehead atoms. The average Bonchev–Trinajstić information content (AvgIpc) is 3.22. The van der Waals surface area contributed by atoms with Crippen LogP contribution in [0.4, 0.5) is 5.82 Å². The van der Waals surface area contributed by atoms with Gasteiger partial charge in [0, 0.05) is 19.4 Å². The van der Waals surface area contributed by atoms with Gasteiger partial charge in [0.2, 0.25) is 5.91 Å². The first-order chi connectivity index (χ1) is 14.0. The molecule has 0 unspecified atom stereocenters. The Morgan fingerprint density at radius 2 is 1.90 bits per heavy atom. The van der Waals surface area contributed by atoms with E-state index in [2.05, 4.69) is 40.0 Å². The van der Waals surface area contributed by atoms with E-state index in [4.69, 9.17) is 0 Å². The quantitative estimate of drug-likeness (QED) is 0.346. The van der Waals surface area contributed by atoms with Crippen LogP contribution in [-0.2, 0) is 23.9 Å². The van der Waals surface area contributed by atoms with Crippen LogP contribution >= 0.6 is 0 Å². The molecule has 2 aromatic rings. The van der Waals surface area contributed by atoms with Crippen LogP contribution in [0, 0.1) is 0 Å². The predicted molar refractivity (Wildman–Crippen MR) is 104 cm³/mol. The van der Waals surface area contributed by atoms with Crippen molar-refractivity contribution < 1.29 is 23.9 Å². The molecule has 11 heteroatoms. The molecular weight excluding hydrogens is 380 g/mol. The number of nitrogens with zero attached hydrogens (tertiary/aromatic N) is 3. The average molecular weight is 406 g/mol. The highest BCUT2D eigenvalue weighted by Crippen LogP contribution is 2.14. The zero-order valence-corrected chi connectivity index (χ0v) is 16.6. The highest BCUT2D eigenvalue weighted by atomic mass is 16.5. The molecule has 0 saturated carbocycles. The monoisotopic (exact) mass is 406 g/mol. The molecule has 1 amide bonds. The summed E-state index contributed by atoms with van der Waals surface area (Å²) >= 11 is 0. The topological polar surface area (TPSA) is 148 Å². The number of hydrogen-bond donors (Lipinski definition) is 3. The molecule has 2 rings (SSSR count). The van der Waals surface area contributed by atoms with Gasteiger partial charge in [-0.2, -0.15) is 0 Å². The van der Waals surface area contributed by atoms with Crippen molar-refractivity contribution in [2.24, 2.45) is 0 Å². The number of imidazole rings is 1. The van der Waals surface area contributed by atoms with Gasteiger partial charge in [-0.05, 0) is 19.3 Å². The number of aromatic amines is 1. The van der Waals surface area contributed by atoms with Gasteiger partial charge in [0.1, 0.15) is 17.9 Å². The minimum Gasteiger partial charge on any atom is -0.469 e. The van der Waals surface area contributed by atoms with Crippen LogP contribution in [0.15, 0.2) is 12.7 Å². The van der Waals surface area contributed by atoms with Crippen LogP contribution in [0.1, 0.15) is 38.5 Å². The van der Waals surface area contributed by atoms with E-state index in [0.717, 1.165) is 18.4 Å². The fourth-order valence-corrected chi connectivity index (χ4v) is 2.72. The molecule has 0 spiro atoms. The molecule has 0 aliphatic carbocycles. The molecule has 0 aliphatic heterocycles. The second-order valence-electron chi connectivity index (χ2n) is 6.32. The van der Waals surface area contributed by atoms with E-state index < -0.39 is 18.0 Å². The van der Waals surface area contributed by atoms with E-state index in [9.17, 15) is 14.4 Å². The van der Waals surface area contributed by atoms with Crippen molar-refractivity contribution in [2.75, 3.05) is 26.1 Å². The van der Waals surface area contributed by atoms with Crippen molar-refractivity contribution in [1.29, 1.82) is 0 Å². The SMILES string of the molecule is COC(=O)CC[C@H](NC(=O)CCCCCNc1ncnc2nc[nH]c12)C(=O)OC. The Morgan fingerprint density at radius 1 is 1.07 bits per heavy atom. The zero-order chi connectivity index (χ0) is 21.1. The van der Waals surface area contributed by atoms with Crippen molar-refractivity contribution in [3.8, 4) is 0 Å². The summed E-state index contributed by atoms with van der Waals surface area (Å²) in [6.45, 7) is 0.691. The van der Waals surface area contributed by atoms with Gasteiger partial charge in [-0.3, -0.25) is 9.59 Å². The van der Waals surface area contributed by atoms with Crippen LogP contribution in [0.25, 0.3) is 11.2 Å². The second-order valence-corrected chi connectivity index (χ2v) is 6.32. The van der Waals surface area contributed by atoms with E-state index in [1.54, 1.807) is 6.33 Å². The summed E-state index contributed by atoms with van der Waals surface area (Å²) in [5, 5.41) is 5.84. The first-order valence-corrected chi connectivity index (χ1v) is 9.37. The van der Waals surface area contributed by atoms with E-state index in [1.165, 1.54) is 20.5 Å². The molecular formula is C18H26N6O5. The molecule has 1 atom stereocenters. The number of carbonyl (C=O) groups excluding carboxylic acids is 3. The van der Waals surface area contributed by atoms with Crippen LogP contribution in [-0.4, -0.2) is 64.6 Å². The third-order valence-electron chi connectivity index (χ3n) is 4.28. The number of fused-ring (bicyclic) bond motifs is 1. The number of anilines is 1. The fourth-order valence-electron chi connectivity index (χ4n) is 2.72. The number of carbonyl (C=O) groups is 3. The van der Waals surface area contributed by atoms with Gasteiger partial charge >= 0.3 is 11.9 Å². The minimum absolute atomic E-state index is 0.0227. The number of rotatable bonds is 12. The lowest BCUT2D eigenvalue weighted by Crippen LogP contribution is -2.41. The van der Waals surface area contributed by atoms with Gasteiger partial charge < -0.3 is 25.1 Å². The number of H-pyrrole nitrogens is 1. The Kier molecular flexibility index (Phi) is 8.80. The first-order valence-electron chi connectivity index (χ1n) is 9.37. The third-order valence-corrected chi connectivity index (χ3v) is 4.28. The summed E-state index contributed by atoms with van der Waals surface area (Å²) in [5.41, 5.74) is 1.36. The number of aromatic nitrogens is 4. The first kappa shape index (κ1) is 22.1. The van der Waals surface area contributed by atoms with Crippen molar-refractivity contribution in [3.05, 3.63) is 12.7 Å². The molecule has 0 aliphatic rings. The summed E-state index contributed by atoms with van der Waals surface area (Å²) in [7, 11) is 2.51. The van der Waals surface area contributed by atoms with Gasteiger partial charge in [0.25, 0.3) is 0 Å². The highest BCUT2D eigenvalue weighted by Gasteiger charge is 2.22. The van der Waals surface area contributed by atoms with E-state index in [-0.39, 0.29) is 25.2 Å². The Balaban J connectivity index is 1.65. The van der Waals surface area contributed by atoms with Crippen LogP contribution < -0.4 is 10.6 Å². The largest absolute Gasteiger partial charge is 0.469 e. The predicted octanol–water partition coefficient (Wildman–Crippen LogP) is 0.936. The lowest BCUT2D eigenvalue weighted by molar-refractivity contribution is -0.146. The number of ether oxygens (including phenoxy) is 2. The van der Waals surface area contributed by atoms with Crippen LogP contribution in [0.3, 0.4) is 0 Å². The van der Waals surface area contributed by atoms with E-state index in [1.807, 2.05) is 0 Å². The summed E-state index contributed by atoms with van der Waals surface area (Å²) in [6.07, 6.45) is 5.79. The summed E-state index contributed by atoms with van der Waals surface area (Å²) in [4.78, 5) is 50.4. The summed E-state index contributed by atoms with van der Waals surface area (Å²) in [5.74, 6) is -0.594. The van der Waals surface area contributed by atoms with Crippen molar-refractivity contribution in [3.63, 3.8) is 0 Å². The van der Waals surface area contributed by atoms with Crippen molar-refractivity contribution in [1.82, 2.24) is 25.3 Å². The molecule has 0 fully saturated rings. The molecule has 0 saturated heterocycles. The van der Waals surface area contributed by atoms with Gasteiger partial charge in [0.15, 0.2) is 11.5 Å². The Morgan fingerprint density at radius 3 is 2.66 bits per heavy atom. The normalized spacial score (nSPS) is 11.7. The van der Waals surface area contributed by atoms with Crippen LogP contribution in [0.5, 0.6) is 0 Å². The summed E-state index contributed by atoms with van der Waals surface area (Å²) < 4.78 is 9.22. The molecule has 2 aromatic heterocycles. The fraction of sp³-hybridized carbons (Fsp3) is 0.556. The number of nitrogens with one attached hydrogen (secondary N) is 3. The summed E-state index contributed by atoms with van der Waals surface area (Å²) in [6, 6.07) is -0.858. The van der Waals surface area contributed by atoms with Gasteiger partial charge in [0.05, 0.1) is 20.5 Å². The molecule has 3 N–H and O–H groups in total. The van der Waals surface area contributed by atoms with Gasteiger partial charge in [-0.1, -0.05) is 6.42 Å². The number of amides is 1. The number of esters is 2. The smallest absolute Gasteiger partial charge is 0.328 e. The lowest BCUT2D eigenvalue weighted by atomic mass is 10.1. The molecule has 0 aromatic carbocycles. The lowest BCUT2D eigenvalue weighted by Gasteiger charge is -2.16. The zero-order valence-electron chi connectivity index (χ0n) is 16.6. The van der Waals surface area contributed by atoms with Gasteiger partial charge in [-0.25, -0.2) is 19.7 Å². The van der Waals surface area contributed by atoms with Crippen LogP contribution in [0.2, 0.25) is 0 Å². The van der Waals surface area contributed by atoms with E-state index in [0.29, 0.717) is 24.4 Å². The maximum absolute atomic E-state index is 12.1. The Hall–Kier alpha value is -3.24. The standard InChI is InChI=1S/C18H26N6O5/c1-28-14(26)8-7-12(18(27)29-2)24-13(25)6-4-3-5-9-19-16-15-17(21-10-20-15)23-11-22-16/h10-12H,3-9H2,1-2H3,(H,24,25)(H2,19,20,21,22,23)/t12-/m0/s1. The molecule has 2 heterocycles. The number of hydrogen-bond acceptors (Lipinski definition) is 9. The number of unbranched alkanes of at least 4 members (excludes halogenated alkanes) is 2. The van der Waals surface area contributed by atoms with E-state index >= 15 is 0 Å². The highest BCUT2D eigenvalue weighted by molar-refractivity contribution is 5.85. The third kappa shape index (κ3) is 7.01. The molecule has 11 nitrogen and oxygen atoms in total. The second kappa shape index (κ2) is 11.6. The minimum atomic E-state index is -0.858.